The number of rotatable bonds is 8. The molecule has 0 radical (unpaired) electrons. The summed E-state index contributed by atoms with van der Waals surface area (Å²) in [5.41, 5.74) is -0.531. The fourth-order valence-electron chi connectivity index (χ4n) is 2.41. The minimum Gasteiger partial charge on any atom is -0.496 e. The molecule has 1 rings (SSSR count). The van der Waals surface area contributed by atoms with Gasteiger partial charge in [-0.05, 0) is 26.8 Å². The van der Waals surface area contributed by atoms with E-state index in [1.54, 1.807) is 20.3 Å². The minimum absolute atomic E-state index is 0.268. The number of carbonyl (C=O) groups excluding carboxylic acids is 1. The third-order valence-electron chi connectivity index (χ3n) is 3.71. The van der Waals surface area contributed by atoms with Gasteiger partial charge in [-0.1, -0.05) is 18.7 Å². The van der Waals surface area contributed by atoms with Crippen molar-refractivity contribution in [2.75, 3.05) is 40.5 Å². The normalized spacial score (nSPS) is 17.2. The van der Waals surface area contributed by atoms with Gasteiger partial charge in [0.2, 0.25) is 0 Å². The van der Waals surface area contributed by atoms with Gasteiger partial charge in [-0.25, -0.2) is 4.79 Å². The Hall–Kier alpha value is -2.30. The van der Waals surface area contributed by atoms with E-state index in [0.29, 0.717) is 18.9 Å². The standard InChI is InChI=1S/C19H29N3O4/c1-7-16(25-6)15(9-8-10-24-5)11-21-19(12-20)13-22(14-19)17(23)26-18(2,3)4/h7-9,21H,1,10-11,13-14H2,2-6H3/b9-8-,16-15-. The first kappa shape index (κ1) is 21.7. The number of hydrogen-bond donors (Lipinski definition) is 1. The molecule has 7 nitrogen and oxygen atoms in total. The Balaban J connectivity index is 2.73. The molecule has 0 spiro atoms. The molecule has 1 heterocycles. The topological polar surface area (TPSA) is 83.8 Å². The van der Waals surface area contributed by atoms with E-state index in [1.165, 1.54) is 4.90 Å². The van der Waals surface area contributed by atoms with Crippen molar-refractivity contribution in [3.05, 3.63) is 36.1 Å². The van der Waals surface area contributed by atoms with E-state index < -0.39 is 17.2 Å². The zero-order chi connectivity index (χ0) is 19.8. The van der Waals surface area contributed by atoms with Crippen LogP contribution < -0.4 is 5.32 Å². The number of amides is 1. The zero-order valence-electron chi connectivity index (χ0n) is 16.3. The van der Waals surface area contributed by atoms with Crippen LogP contribution in [0.2, 0.25) is 0 Å². The van der Waals surface area contributed by atoms with Crippen LogP contribution in [0, 0.1) is 11.3 Å². The first-order valence-corrected chi connectivity index (χ1v) is 8.39. The zero-order valence-corrected chi connectivity index (χ0v) is 16.3. The minimum atomic E-state index is -0.808. The van der Waals surface area contributed by atoms with Crippen LogP contribution in [0.15, 0.2) is 36.1 Å². The molecular formula is C19H29N3O4. The first-order chi connectivity index (χ1) is 12.2. The van der Waals surface area contributed by atoms with Crippen molar-refractivity contribution >= 4 is 6.09 Å². The van der Waals surface area contributed by atoms with Crippen molar-refractivity contribution in [3.8, 4) is 6.07 Å². The lowest BCUT2D eigenvalue weighted by Gasteiger charge is -2.46. The van der Waals surface area contributed by atoms with E-state index in [4.69, 9.17) is 14.2 Å². The maximum atomic E-state index is 12.1. The Kier molecular flexibility index (Phi) is 7.87. The molecule has 0 aromatic heterocycles. The van der Waals surface area contributed by atoms with Gasteiger partial charge in [0.15, 0.2) is 0 Å². The van der Waals surface area contributed by atoms with E-state index in [2.05, 4.69) is 18.0 Å². The van der Waals surface area contributed by atoms with Crippen molar-refractivity contribution in [3.63, 3.8) is 0 Å². The Morgan fingerprint density at radius 3 is 2.50 bits per heavy atom. The largest absolute Gasteiger partial charge is 0.496 e. The van der Waals surface area contributed by atoms with E-state index >= 15 is 0 Å². The fourth-order valence-corrected chi connectivity index (χ4v) is 2.41. The highest BCUT2D eigenvalue weighted by atomic mass is 16.6. The molecule has 1 aliphatic rings. The highest BCUT2D eigenvalue weighted by Gasteiger charge is 2.46. The summed E-state index contributed by atoms with van der Waals surface area (Å²) in [5.74, 6) is 0.612. The quantitative estimate of drug-likeness (QED) is 0.526. The molecule has 0 atom stereocenters. The van der Waals surface area contributed by atoms with Gasteiger partial charge in [0.25, 0.3) is 0 Å². The second-order valence-corrected chi connectivity index (χ2v) is 7.04. The maximum absolute atomic E-state index is 12.1. The van der Waals surface area contributed by atoms with Crippen molar-refractivity contribution in [1.82, 2.24) is 10.2 Å². The lowest BCUT2D eigenvalue weighted by atomic mass is 9.91. The molecule has 0 aliphatic carbocycles. The summed E-state index contributed by atoms with van der Waals surface area (Å²) < 4.78 is 15.7. The van der Waals surface area contributed by atoms with E-state index in [0.717, 1.165) is 5.57 Å². The molecule has 1 saturated heterocycles. The summed E-state index contributed by atoms with van der Waals surface area (Å²) in [6, 6.07) is 2.26. The summed E-state index contributed by atoms with van der Waals surface area (Å²) in [5, 5.41) is 12.8. The van der Waals surface area contributed by atoms with Gasteiger partial charge in [-0.15, -0.1) is 0 Å². The molecule has 7 heteroatoms. The summed E-state index contributed by atoms with van der Waals surface area (Å²) in [6.45, 7) is 10.6. The molecule has 26 heavy (non-hydrogen) atoms. The molecule has 1 fully saturated rings. The van der Waals surface area contributed by atoms with Crippen LogP contribution in [-0.4, -0.2) is 62.6 Å². The van der Waals surface area contributed by atoms with E-state index in [-0.39, 0.29) is 13.1 Å². The second-order valence-electron chi connectivity index (χ2n) is 7.04. The van der Waals surface area contributed by atoms with Crippen LogP contribution in [0.5, 0.6) is 0 Å². The molecule has 0 unspecified atom stereocenters. The van der Waals surface area contributed by atoms with Gasteiger partial charge in [-0.3, -0.25) is 5.32 Å². The van der Waals surface area contributed by atoms with Crippen molar-refractivity contribution in [2.45, 2.75) is 31.9 Å². The highest BCUT2D eigenvalue weighted by Crippen LogP contribution is 2.23. The number of hydrogen-bond acceptors (Lipinski definition) is 6. The van der Waals surface area contributed by atoms with Crippen molar-refractivity contribution in [1.29, 1.82) is 5.26 Å². The lowest BCUT2D eigenvalue weighted by Crippen LogP contribution is -2.70. The number of carbonyl (C=O) groups is 1. The van der Waals surface area contributed by atoms with Crippen molar-refractivity contribution < 1.29 is 19.0 Å². The first-order valence-electron chi connectivity index (χ1n) is 8.39. The number of nitrogens with one attached hydrogen (secondary N) is 1. The maximum Gasteiger partial charge on any atom is 0.410 e. The molecule has 0 aromatic carbocycles. The fraction of sp³-hybridized carbons (Fsp3) is 0.579. The Bertz CT molecular complexity index is 605. The SMILES string of the molecule is C=C/C(OC)=C(\C=C/COC)CNC1(C#N)CN(C(=O)OC(C)(C)C)C1. The van der Waals surface area contributed by atoms with Crippen LogP contribution in [0.25, 0.3) is 0 Å². The Morgan fingerprint density at radius 1 is 1.38 bits per heavy atom. The van der Waals surface area contributed by atoms with Gasteiger partial charge in [0.05, 0.1) is 32.9 Å². The molecule has 0 aromatic rings. The molecule has 1 amide bonds. The molecule has 1 aliphatic heterocycles. The van der Waals surface area contributed by atoms with Gasteiger partial charge < -0.3 is 19.1 Å². The predicted molar refractivity (Wildman–Crippen MR) is 99.4 cm³/mol. The highest BCUT2D eigenvalue weighted by molar-refractivity contribution is 5.70. The monoisotopic (exact) mass is 363 g/mol. The van der Waals surface area contributed by atoms with E-state index in [1.807, 2.05) is 32.9 Å². The average molecular weight is 363 g/mol. The number of ether oxygens (including phenoxy) is 3. The van der Waals surface area contributed by atoms with Crippen LogP contribution in [0.4, 0.5) is 4.79 Å². The molecule has 0 saturated carbocycles. The van der Waals surface area contributed by atoms with E-state index in [9.17, 15) is 10.1 Å². The number of allylic oxidation sites excluding steroid dienone is 1. The molecule has 144 valence electrons. The van der Waals surface area contributed by atoms with Crippen LogP contribution in [0.3, 0.4) is 0 Å². The predicted octanol–water partition coefficient (Wildman–Crippen LogP) is 2.38. The van der Waals surface area contributed by atoms with Gasteiger partial charge in [0.1, 0.15) is 16.9 Å². The number of nitrogens with zero attached hydrogens (tertiary/aromatic N) is 2. The average Bonchev–Trinajstić information content (AvgIpc) is 2.53. The second kappa shape index (κ2) is 9.41. The van der Waals surface area contributed by atoms with Gasteiger partial charge >= 0.3 is 6.09 Å². The summed E-state index contributed by atoms with van der Waals surface area (Å²) in [6.07, 6.45) is 4.92. The number of nitriles is 1. The van der Waals surface area contributed by atoms with Crippen LogP contribution in [-0.2, 0) is 14.2 Å². The number of methoxy groups -OCH3 is 2. The third-order valence-corrected chi connectivity index (χ3v) is 3.71. The summed E-state index contributed by atoms with van der Waals surface area (Å²) in [7, 11) is 3.18. The lowest BCUT2D eigenvalue weighted by molar-refractivity contribution is -0.00442. The number of likely N-dealkylation sites (tertiary alicyclic amines) is 1. The van der Waals surface area contributed by atoms with Gasteiger partial charge in [0, 0.05) is 19.2 Å². The Labute approximate surface area is 155 Å². The molecule has 1 N–H and O–H groups in total. The molecular weight excluding hydrogens is 334 g/mol. The molecule has 0 bridgehead atoms. The third kappa shape index (κ3) is 6.21. The smallest absolute Gasteiger partial charge is 0.410 e. The van der Waals surface area contributed by atoms with Gasteiger partial charge in [-0.2, -0.15) is 5.26 Å². The van der Waals surface area contributed by atoms with Crippen molar-refractivity contribution in [2.24, 2.45) is 0 Å². The summed E-state index contributed by atoms with van der Waals surface area (Å²) >= 11 is 0. The van der Waals surface area contributed by atoms with Crippen LogP contribution >= 0.6 is 0 Å². The summed E-state index contributed by atoms with van der Waals surface area (Å²) in [4.78, 5) is 13.6. The van der Waals surface area contributed by atoms with Crippen LogP contribution in [0.1, 0.15) is 20.8 Å². The Morgan fingerprint density at radius 2 is 2.04 bits per heavy atom.